The van der Waals surface area contributed by atoms with Gasteiger partial charge in [0, 0.05) is 14.1 Å². The molecule has 0 rings (SSSR count). The average Bonchev–Trinajstić information content (AvgIpc) is 1.85. The summed E-state index contributed by atoms with van der Waals surface area (Å²) in [5.74, 6) is -0.851. The first-order valence-electron chi connectivity index (χ1n) is 3.46. The summed E-state index contributed by atoms with van der Waals surface area (Å²) in [5.41, 5.74) is 0. The van der Waals surface area contributed by atoms with Gasteiger partial charge in [-0.2, -0.15) is 0 Å². The molecule has 4 nitrogen and oxygen atoms in total. The van der Waals surface area contributed by atoms with Crippen LogP contribution >= 0.6 is 0 Å². The van der Waals surface area contributed by atoms with Crippen LogP contribution in [0.25, 0.3) is 0 Å². The van der Waals surface area contributed by atoms with Gasteiger partial charge in [-0.15, -0.1) is 0 Å². The zero-order valence-corrected chi connectivity index (χ0v) is 8.26. The Bertz CT molecular complexity index is 277. The molecule has 12 heavy (non-hydrogen) atoms. The molecule has 0 N–H and O–H groups in total. The van der Waals surface area contributed by atoms with Crippen molar-refractivity contribution in [1.82, 2.24) is 4.31 Å². The maximum absolute atomic E-state index is 11.1. The summed E-state index contributed by atoms with van der Waals surface area (Å²) in [7, 11) is -0.585. The molecule has 0 radical (unpaired) electrons. The summed E-state index contributed by atoms with van der Waals surface area (Å²) in [6.07, 6.45) is 2.77. The summed E-state index contributed by atoms with van der Waals surface area (Å²) in [6, 6.07) is 0. The van der Waals surface area contributed by atoms with Crippen LogP contribution in [0.5, 0.6) is 0 Å². The number of ketones is 1. The van der Waals surface area contributed by atoms with Crippen molar-refractivity contribution in [2.24, 2.45) is 0 Å². The van der Waals surface area contributed by atoms with Gasteiger partial charge in [-0.1, -0.05) is 6.08 Å². The highest BCUT2D eigenvalue weighted by Gasteiger charge is 2.16. The van der Waals surface area contributed by atoms with E-state index in [0.29, 0.717) is 0 Å². The summed E-state index contributed by atoms with van der Waals surface area (Å²) in [4.78, 5) is 10.9. The Labute approximate surface area is 72.9 Å². The molecule has 0 aromatic heterocycles. The number of rotatable bonds is 4. The lowest BCUT2D eigenvalue weighted by molar-refractivity contribution is -0.112. The standard InChI is InChI=1S/C7H13NO3S/c1-4-5-7(9)6-12(10,11)8(2)3/h4-5H,6H2,1-3H3. The van der Waals surface area contributed by atoms with E-state index in [9.17, 15) is 13.2 Å². The van der Waals surface area contributed by atoms with E-state index in [2.05, 4.69) is 0 Å². The second-order valence-corrected chi connectivity index (χ2v) is 4.69. The van der Waals surface area contributed by atoms with E-state index in [-0.39, 0.29) is 0 Å². The third kappa shape index (κ3) is 3.64. The molecule has 0 spiro atoms. The molecule has 0 aliphatic carbocycles. The monoisotopic (exact) mass is 191 g/mol. The van der Waals surface area contributed by atoms with Crippen LogP contribution in [0.3, 0.4) is 0 Å². The van der Waals surface area contributed by atoms with Gasteiger partial charge in [-0.25, -0.2) is 12.7 Å². The van der Waals surface area contributed by atoms with E-state index >= 15 is 0 Å². The predicted octanol–water partition coefficient (Wildman–Crippen LogP) is 0.0230. The number of carbonyl (C=O) groups is 1. The van der Waals surface area contributed by atoms with Crippen molar-refractivity contribution >= 4 is 15.8 Å². The van der Waals surface area contributed by atoms with Gasteiger partial charge in [-0.05, 0) is 13.0 Å². The van der Waals surface area contributed by atoms with Crippen LogP contribution in [-0.2, 0) is 14.8 Å². The number of sulfonamides is 1. The van der Waals surface area contributed by atoms with Crippen LogP contribution in [0.4, 0.5) is 0 Å². The first-order valence-corrected chi connectivity index (χ1v) is 5.07. The Hall–Kier alpha value is -0.680. The van der Waals surface area contributed by atoms with E-state index in [1.807, 2.05) is 0 Å². The van der Waals surface area contributed by atoms with Gasteiger partial charge >= 0.3 is 0 Å². The fraction of sp³-hybridized carbons (Fsp3) is 0.571. The largest absolute Gasteiger partial charge is 0.294 e. The van der Waals surface area contributed by atoms with Crippen LogP contribution in [0.15, 0.2) is 12.2 Å². The van der Waals surface area contributed by atoms with E-state index in [0.717, 1.165) is 4.31 Å². The molecule has 0 atom stereocenters. The van der Waals surface area contributed by atoms with Gasteiger partial charge in [0.05, 0.1) is 0 Å². The quantitative estimate of drug-likeness (QED) is 0.589. The smallest absolute Gasteiger partial charge is 0.221 e. The van der Waals surface area contributed by atoms with Crippen LogP contribution in [0.1, 0.15) is 6.92 Å². The first-order chi connectivity index (χ1) is 5.40. The molecule has 0 amide bonds. The Kier molecular flexibility index (Phi) is 4.12. The lowest BCUT2D eigenvalue weighted by Crippen LogP contribution is -2.28. The molecule has 0 aliphatic rings. The van der Waals surface area contributed by atoms with Gasteiger partial charge in [0.15, 0.2) is 5.78 Å². The highest BCUT2D eigenvalue weighted by Crippen LogP contribution is 1.94. The Morgan fingerprint density at radius 1 is 1.42 bits per heavy atom. The van der Waals surface area contributed by atoms with Gasteiger partial charge in [0.2, 0.25) is 10.0 Å². The van der Waals surface area contributed by atoms with Gasteiger partial charge in [-0.3, -0.25) is 4.79 Å². The molecule has 0 aromatic rings. The molecule has 5 heteroatoms. The number of hydrogen-bond donors (Lipinski definition) is 0. The third-order valence-electron chi connectivity index (χ3n) is 1.23. The average molecular weight is 191 g/mol. The predicted molar refractivity (Wildman–Crippen MR) is 47.3 cm³/mol. The molecule has 0 heterocycles. The summed E-state index contributed by atoms with van der Waals surface area (Å²) < 4.78 is 23.2. The minimum absolute atomic E-state index is 0.397. The molecule has 0 aliphatic heterocycles. The molecule has 0 aromatic carbocycles. The molecule has 0 bridgehead atoms. The molecular formula is C7H13NO3S. The highest BCUT2D eigenvalue weighted by atomic mass is 32.2. The highest BCUT2D eigenvalue weighted by molar-refractivity contribution is 7.89. The van der Waals surface area contributed by atoms with Crippen molar-refractivity contribution in [3.8, 4) is 0 Å². The SMILES string of the molecule is CC=CC(=O)CS(=O)(=O)N(C)C. The molecule has 0 saturated heterocycles. The van der Waals surface area contributed by atoms with Crippen molar-refractivity contribution in [2.45, 2.75) is 6.92 Å². The van der Waals surface area contributed by atoms with Crippen LogP contribution < -0.4 is 0 Å². The summed E-state index contributed by atoms with van der Waals surface area (Å²) >= 11 is 0. The maximum Gasteiger partial charge on any atom is 0.221 e. The van der Waals surface area contributed by atoms with Gasteiger partial charge in [0.25, 0.3) is 0 Å². The van der Waals surface area contributed by atoms with Gasteiger partial charge in [0.1, 0.15) is 5.75 Å². The summed E-state index contributed by atoms with van der Waals surface area (Å²) in [5, 5.41) is 0. The van der Waals surface area contributed by atoms with Crippen LogP contribution in [0, 0.1) is 0 Å². The topological polar surface area (TPSA) is 54.5 Å². The number of carbonyl (C=O) groups excluding carboxylic acids is 1. The Morgan fingerprint density at radius 3 is 2.25 bits per heavy atom. The van der Waals surface area contributed by atoms with Crippen LogP contribution in [-0.4, -0.2) is 38.4 Å². The summed E-state index contributed by atoms with van der Waals surface area (Å²) in [6.45, 7) is 1.67. The Morgan fingerprint density at radius 2 is 1.92 bits per heavy atom. The normalized spacial score (nSPS) is 12.7. The number of nitrogens with zero attached hydrogens (tertiary/aromatic N) is 1. The second kappa shape index (κ2) is 4.37. The minimum atomic E-state index is -3.39. The third-order valence-corrected chi connectivity index (χ3v) is 3.00. The lowest BCUT2D eigenvalue weighted by Gasteiger charge is -2.08. The maximum atomic E-state index is 11.1. The van der Waals surface area contributed by atoms with Crippen molar-refractivity contribution in [2.75, 3.05) is 19.8 Å². The molecule has 0 fully saturated rings. The van der Waals surface area contributed by atoms with E-state index in [4.69, 9.17) is 0 Å². The minimum Gasteiger partial charge on any atom is -0.294 e. The number of hydrogen-bond acceptors (Lipinski definition) is 3. The number of allylic oxidation sites excluding steroid dienone is 2. The van der Waals surface area contributed by atoms with Gasteiger partial charge < -0.3 is 0 Å². The van der Waals surface area contributed by atoms with Crippen LogP contribution in [0.2, 0.25) is 0 Å². The van der Waals surface area contributed by atoms with E-state index in [1.54, 1.807) is 6.92 Å². The van der Waals surface area contributed by atoms with E-state index < -0.39 is 21.6 Å². The first kappa shape index (κ1) is 11.3. The molecule has 70 valence electrons. The molecule has 0 unspecified atom stereocenters. The molecule has 0 saturated carbocycles. The van der Waals surface area contributed by atoms with Crippen molar-refractivity contribution < 1.29 is 13.2 Å². The fourth-order valence-electron chi connectivity index (χ4n) is 0.543. The van der Waals surface area contributed by atoms with E-state index in [1.165, 1.54) is 26.2 Å². The fourth-order valence-corrected chi connectivity index (χ4v) is 1.26. The lowest BCUT2D eigenvalue weighted by atomic mass is 10.4. The molecular weight excluding hydrogens is 178 g/mol. The zero-order chi connectivity index (χ0) is 9.78. The second-order valence-electron chi connectivity index (χ2n) is 2.50. The van der Waals surface area contributed by atoms with Crippen molar-refractivity contribution in [3.63, 3.8) is 0 Å². The van der Waals surface area contributed by atoms with Crippen molar-refractivity contribution in [1.29, 1.82) is 0 Å². The Balaban J connectivity index is 4.37. The zero-order valence-electron chi connectivity index (χ0n) is 7.44. The van der Waals surface area contributed by atoms with Crippen molar-refractivity contribution in [3.05, 3.63) is 12.2 Å².